The van der Waals surface area contributed by atoms with E-state index in [0.29, 0.717) is 58.1 Å². The molecular formula is C22H35N3O8. The molecule has 2 atom stereocenters. The molecule has 186 valence electrons. The molecule has 1 saturated heterocycles. The van der Waals surface area contributed by atoms with E-state index in [-0.39, 0.29) is 25.7 Å². The number of morpholine rings is 1. The van der Waals surface area contributed by atoms with Gasteiger partial charge in [-0.05, 0) is 24.1 Å². The van der Waals surface area contributed by atoms with Gasteiger partial charge in [-0.25, -0.2) is 4.79 Å². The van der Waals surface area contributed by atoms with Crippen molar-refractivity contribution in [3.63, 3.8) is 0 Å². The summed E-state index contributed by atoms with van der Waals surface area (Å²) in [6.07, 6.45) is -1.13. The topological polar surface area (TPSA) is 150 Å². The van der Waals surface area contributed by atoms with Gasteiger partial charge in [0.05, 0.1) is 19.8 Å². The molecule has 1 aliphatic heterocycles. The van der Waals surface area contributed by atoms with E-state index in [1.54, 1.807) is 17.0 Å². The minimum absolute atomic E-state index is 0.107. The Morgan fingerprint density at radius 3 is 2.48 bits per heavy atom. The van der Waals surface area contributed by atoms with E-state index in [4.69, 9.17) is 24.4 Å². The monoisotopic (exact) mass is 469 g/mol. The number of rotatable bonds is 14. The summed E-state index contributed by atoms with van der Waals surface area (Å²) in [7, 11) is 0. The highest BCUT2D eigenvalue weighted by Gasteiger charge is 2.15. The number of amides is 2. The van der Waals surface area contributed by atoms with Crippen molar-refractivity contribution in [1.29, 1.82) is 0 Å². The number of carbonyl (C=O) groups is 2. The molecule has 1 fully saturated rings. The van der Waals surface area contributed by atoms with Crippen LogP contribution in [0.1, 0.15) is 12.0 Å². The number of benzene rings is 1. The molecule has 1 aromatic carbocycles. The van der Waals surface area contributed by atoms with Crippen molar-refractivity contribution in [2.24, 2.45) is 0 Å². The number of aliphatic hydroxyl groups is 3. The molecule has 2 amide bonds. The number of esters is 1. The summed E-state index contributed by atoms with van der Waals surface area (Å²) < 4.78 is 15.6. The number of hydrogen-bond acceptors (Lipinski definition) is 9. The van der Waals surface area contributed by atoms with Crippen LogP contribution in [0.15, 0.2) is 24.3 Å². The van der Waals surface area contributed by atoms with E-state index in [1.165, 1.54) is 0 Å². The Kier molecular flexibility index (Phi) is 12.5. The molecule has 11 heteroatoms. The lowest BCUT2D eigenvalue weighted by atomic mass is 10.1. The molecule has 0 aliphatic carbocycles. The zero-order valence-electron chi connectivity index (χ0n) is 18.8. The van der Waals surface area contributed by atoms with Gasteiger partial charge in [0.25, 0.3) is 0 Å². The molecule has 0 radical (unpaired) electrons. The number of aliphatic hydroxyl groups excluding tert-OH is 3. The summed E-state index contributed by atoms with van der Waals surface area (Å²) in [5, 5.41) is 33.8. The molecule has 0 spiro atoms. The molecule has 11 nitrogen and oxygen atoms in total. The van der Waals surface area contributed by atoms with E-state index in [9.17, 15) is 14.7 Å². The molecule has 0 saturated carbocycles. The van der Waals surface area contributed by atoms with Gasteiger partial charge < -0.3 is 45.1 Å². The highest BCUT2D eigenvalue weighted by atomic mass is 16.5. The summed E-state index contributed by atoms with van der Waals surface area (Å²) in [5.74, 6) is 0.156. The first-order valence-electron chi connectivity index (χ1n) is 11.1. The Bertz CT molecular complexity index is 697. The summed E-state index contributed by atoms with van der Waals surface area (Å²) >= 11 is 0. The van der Waals surface area contributed by atoms with Crippen molar-refractivity contribution < 1.29 is 39.1 Å². The number of carbonyl (C=O) groups excluding carboxylic acids is 2. The third-order valence-electron chi connectivity index (χ3n) is 4.89. The maximum Gasteiger partial charge on any atom is 0.317 e. The Labute approximate surface area is 193 Å². The molecular weight excluding hydrogens is 434 g/mol. The van der Waals surface area contributed by atoms with Crippen molar-refractivity contribution in [1.82, 2.24) is 15.5 Å². The number of urea groups is 1. The van der Waals surface area contributed by atoms with Crippen LogP contribution in [0.4, 0.5) is 4.79 Å². The van der Waals surface area contributed by atoms with Crippen molar-refractivity contribution in [2.75, 3.05) is 65.8 Å². The Hall–Kier alpha value is -2.44. The van der Waals surface area contributed by atoms with Crippen LogP contribution in [-0.2, 0) is 20.7 Å². The van der Waals surface area contributed by atoms with Crippen molar-refractivity contribution >= 4 is 12.0 Å². The largest absolute Gasteiger partial charge is 0.491 e. The van der Waals surface area contributed by atoms with Crippen LogP contribution in [0, 0.1) is 0 Å². The molecule has 5 N–H and O–H groups in total. The van der Waals surface area contributed by atoms with Crippen LogP contribution in [0.3, 0.4) is 0 Å². The predicted molar refractivity (Wildman–Crippen MR) is 119 cm³/mol. The van der Waals surface area contributed by atoms with Gasteiger partial charge in [-0.1, -0.05) is 12.1 Å². The van der Waals surface area contributed by atoms with Crippen LogP contribution in [-0.4, -0.2) is 110 Å². The third kappa shape index (κ3) is 11.3. The number of ether oxygens (including phenoxy) is 3. The third-order valence-corrected chi connectivity index (χ3v) is 4.89. The predicted octanol–water partition coefficient (Wildman–Crippen LogP) is -1.11. The molecule has 33 heavy (non-hydrogen) atoms. The Morgan fingerprint density at radius 2 is 1.79 bits per heavy atom. The first-order chi connectivity index (χ1) is 16.0. The van der Waals surface area contributed by atoms with Gasteiger partial charge in [0.15, 0.2) is 0 Å². The van der Waals surface area contributed by atoms with Crippen molar-refractivity contribution in [3.8, 4) is 5.75 Å². The highest BCUT2D eigenvalue weighted by Crippen LogP contribution is 2.14. The SMILES string of the molecule is O=C(CCc1ccc(OC[C@@H](O)CNCCNC(=O)N2CCOCC2)cc1)OC[C@H](O)CO. The molecule has 1 aliphatic rings. The second-order valence-electron chi connectivity index (χ2n) is 7.66. The molecule has 1 heterocycles. The fourth-order valence-electron chi connectivity index (χ4n) is 2.97. The zero-order valence-corrected chi connectivity index (χ0v) is 18.8. The van der Waals surface area contributed by atoms with Crippen molar-refractivity contribution in [2.45, 2.75) is 25.0 Å². The average molecular weight is 470 g/mol. The average Bonchev–Trinajstić information content (AvgIpc) is 2.85. The van der Waals surface area contributed by atoms with Gasteiger partial charge >= 0.3 is 12.0 Å². The lowest BCUT2D eigenvalue weighted by Gasteiger charge is -2.27. The highest BCUT2D eigenvalue weighted by molar-refractivity contribution is 5.74. The van der Waals surface area contributed by atoms with Crippen LogP contribution < -0.4 is 15.4 Å². The minimum Gasteiger partial charge on any atom is -0.491 e. The summed E-state index contributed by atoms with van der Waals surface area (Å²) in [5.41, 5.74) is 0.920. The van der Waals surface area contributed by atoms with Gasteiger partial charge in [0.2, 0.25) is 0 Å². The standard InChI is InChI=1S/C22H35N3O8/c26-14-19(28)16-33-21(29)6-3-17-1-4-20(5-2-17)32-15-18(27)13-23-7-8-24-22(30)25-9-11-31-12-10-25/h1-2,4-5,18-19,23,26-28H,3,6-16H2,(H,24,30)/t18-,19+/m0/s1. The van der Waals surface area contributed by atoms with Gasteiger partial charge in [0.1, 0.15) is 31.2 Å². The zero-order chi connectivity index (χ0) is 23.9. The fourth-order valence-corrected chi connectivity index (χ4v) is 2.97. The Morgan fingerprint density at radius 1 is 1.06 bits per heavy atom. The van der Waals surface area contributed by atoms with Gasteiger partial charge in [-0.2, -0.15) is 0 Å². The fraction of sp³-hybridized carbons (Fsp3) is 0.636. The number of hydrogen-bond donors (Lipinski definition) is 5. The van der Waals surface area contributed by atoms with E-state index in [1.807, 2.05) is 12.1 Å². The van der Waals surface area contributed by atoms with Gasteiger partial charge in [-0.3, -0.25) is 4.79 Å². The molecule has 2 rings (SSSR count). The van der Waals surface area contributed by atoms with Gasteiger partial charge in [0, 0.05) is 39.1 Å². The van der Waals surface area contributed by atoms with Crippen LogP contribution >= 0.6 is 0 Å². The second-order valence-corrected chi connectivity index (χ2v) is 7.66. The van der Waals surface area contributed by atoms with E-state index < -0.39 is 24.8 Å². The number of nitrogens with zero attached hydrogens (tertiary/aromatic N) is 1. The molecule has 1 aromatic rings. The second kappa shape index (κ2) is 15.4. The van der Waals surface area contributed by atoms with Crippen LogP contribution in [0.25, 0.3) is 0 Å². The van der Waals surface area contributed by atoms with Crippen molar-refractivity contribution in [3.05, 3.63) is 29.8 Å². The summed E-state index contributed by atoms with van der Waals surface area (Å²) in [6, 6.07) is 7.07. The Balaban J connectivity index is 1.53. The summed E-state index contributed by atoms with van der Waals surface area (Å²) in [6.45, 7) is 3.09. The quantitative estimate of drug-likeness (QED) is 0.169. The smallest absolute Gasteiger partial charge is 0.317 e. The number of aryl methyl sites for hydroxylation is 1. The maximum absolute atomic E-state index is 11.9. The number of nitrogens with one attached hydrogen (secondary N) is 2. The maximum atomic E-state index is 11.9. The van der Waals surface area contributed by atoms with Crippen LogP contribution in [0.2, 0.25) is 0 Å². The molecule has 0 unspecified atom stereocenters. The normalized spacial score (nSPS) is 15.5. The van der Waals surface area contributed by atoms with E-state index in [2.05, 4.69) is 10.6 Å². The van der Waals surface area contributed by atoms with Crippen LogP contribution in [0.5, 0.6) is 5.75 Å². The minimum atomic E-state index is -1.06. The molecule has 0 aromatic heterocycles. The van der Waals surface area contributed by atoms with E-state index in [0.717, 1.165) is 5.56 Å². The van der Waals surface area contributed by atoms with Gasteiger partial charge in [-0.15, -0.1) is 0 Å². The first-order valence-corrected chi connectivity index (χ1v) is 11.1. The lowest BCUT2D eigenvalue weighted by Crippen LogP contribution is -2.47. The summed E-state index contributed by atoms with van der Waals surface area (Å²) in [4.78, 5) is 25.3. The first kappa shape index (κ1) is 26.8. The molecule has 0 bridgehead atoms. The van der Waals surface area contributed by atoms with E-state index >= 15 is 0 Å². The lowest BCUT2D eigenvalue weighted by molar-refractivity contribution is -0.147.